The Morgan fingerprint density at radius 1 is 1.04 bits per heavy atom. The van der Waals surface area contributed by atoms with Crippen LogP contribution in [0.3, 0.4) is 0 Å². The van der Waals surface area contributed by atoms with Gasteiger partial charge in [0, 0.05) is 17.6 Å². The first kappa shape index (κ1) is 15.8. The number of hydrogen-bond acceptors (Lipinski definition) is 1. The van der Waals surface area contributed by atoms with E-state index in [1.165, 1.54) is 27.8 Å². The van der Waals surface area contributed by atoms with Crippen molar-refractivity contribution in [3.8, 4) is 0 Å². The van der Waals surface area contributed by atoms with Crippen LogP contribution in [0, 0.1) is 13.8 Å². The maximum atomic E-state index is 4.89. The fraction of sp³-hybridized carbons (Fsp3) is 0.381. The van der Waals surface area contributed by atoms with Gasteiger partial charge in [-0.25, -0.2) is 0 Å². The summed E-state index contributed by atoms with van der Waals surface area (Å²) in [7, 11) is 0. The number of aryl methyl sites for hydroxylation is 2. The Kier molecular flexibility index (Phi) is 4.25. The van der Waals surface area contributed by atoms with E-state index in [4.69, 9.17) is 4.99 Å². The number of fused-ring (bicyclic) bond motifs is 1. The van der Waals surface area contributed by atoms with Crippen molar-refractivity contribution in [3.63, 3.8) is 0 Å². The number of benzene rings is 2. The van der Waals surface area contributed by atoms with Crippen LogP contribution >= 0.6 is 0 Å². The standard InChI is InChI=1S/C21H26N2/c1-15-12-18-14-21(3,4)23-20(19(18)13-16(15)2)22-11-10-17-8-6-5-7-9-17/h5-9,12-13H,10-11,14H2,1-4H3,(H,22,23). The zero-order valence-electron chi connectivity index (χ0n) is 14.6. The van der Waals surface area contributed by atoms with Crippen LogP contribution in [-0.2, 0) is 12.8 Å². The molecule has 0 radical (unpaired) electrons. The van der Waals surface area contributed by atoms with Crippen LogP contribution in [0.15, 0.2) is 47.5 Å². The third kappa shape index (κ3) is 3.64. The second-order valence-electron chi connectivity index (χ2n) is 7.25. The molecule has 3 rings (SSSR count). The van der Waals surface area contributed by atoms with E-state index < -0.39 is 0 Å². The van der Waals surface area contributed by atoms with Crippen LogP contribution in [0.4, 0.5) is 0 Å². The zero-order chi connectivity index (χ0) is 16.4. The van der Waals surface area contributed by atoms with Gasteiger partial charge in [-0.2, -0.15) is 0 Å². The van der Waals surface area contributed by atoms with E-state index in [0.29, 0.717) is 0 Å². The molecule has 0 saturated heterocycles. The van der Waals surface area contributed by atoms with Gasteiger partial charge >= 0.3 is 0 Å². The summed E-state index contributed by atoms with van der Waals surface area (Å²) < 4.78 is 0. The maximum absolute atomic E-state index is 4.89. The third-order valence-electron chi connectivity index (χ3n) is 4.58. The molecular formula is C21H26N2. The third-order valence-corrected chi connectivity index (χ3v) is 4.58. The SMILES string of the molecule is Cc1cc2c(cc1C)C(=NCCc1ccccc1)NC(C)(C)C2. The minimum atomic E-state index is 0.0558. The summed E-state index contributed by atoms with van der Waals surface area (Å²) in [4.78, 5) is 4.89. The predicted molar refractivity (Wildman–Crippen MR) is 98.4 cm³/mol. The van der Waals surface area contributed by atoms with Gasteiger partial charge in [0.15, 0.2) is 0 Å². The molecule has 1 N–H and O–H groups in total. The molecule has 0 atom stereocenters. The Labute approximate surface area is 139 Å². The highest BCUT2D eigenvalue weighted by atomic mass is 15.1. The number of nitrogens with zero attached hydrogens (tertiary/aromatic N) is 1. The van der Waals surface area contributed by atoms with Crippen molar-refractivity contribution in [1.82, 2.24) is 5.32 Å². The molecule has 0 fully saturated rings. The average molecular weight is 306 g/mol. The Morgan fingerprint density at radius 2 is 1.74 bits per heavy atom. The van der Waals surface area contributed by atoms with Crippen molar-refractivity contribution < 1.29 is 0 Å². The van der Waals surface area contributed by atoms with Gasteiger partial charge in [0.2, 0.25) is 0 Å². The predicted octanol–water partition coefficient (Wildman–Crippen LogP) is 4.22. The van der Waals surface area contributed by atoms with Crippen LogP contribution in [0.2, 0.25) is 0 Å². The van der Waals surface area contributed by atoms with Crippen molar-refractivity contribution in [3.05, 3.63) is 70.3 Å². The van der Waals surface area contributed by atoms with E-state index in [2.05, 4.69) is 75.5 Å². The quantitative estimate of drug-likeness (QED) is 0.902. The molecule has 0 bridgehead atoms. The van der Waals surface area contributed by atoms with E-state index in [1.54, 1.807) is 0 Å². The summed E-state index contributed by atoms with van der Waals surface area (Å²) in [5, 5.41) is 3.63. The minimum Gasteiger partial charge on any atom is -0.365 e. The lowest BCUT2D eigenvalue weighted by molar-refractivity contribution is 0.447. The first-order chi connectivity index (χ1) is 10.9. The molecule has 0 unspecified atom stereocenters. The zero-order valence-corrected chi connectivity index (χ0v) is 14.6. The summed E-state index contributed by atoms with van der Waals surface area (Å²) in [5.41, 5.74) is 6.79. The number of nitrogens with one attached hydrogen (secondary N) is 1. The molecule has 0 saturated carbocycles. The van der Waals surface area contributed by atoms with Gasteiger partial charge in [-0.15, -0.1) is 0 Å². The average Bonchev–Trinajstić information content (AvgIpc) is 2.49. The van der Waals surface area contributed by atoms with Crippen molar-refractivity contribution in [2.75, 3.05) is 6.54 Å². The highest BCUT2D eigenvalue weighted by Crippen LogP contribution is 2.26. The highest BCUT2D eigenvalue weighted by Gasteiger charge is 2.28. The van der Waals surface area contributed by atoms with Crippen LogP contribution in [0.5, 0.6) is 0 Å². The molecule has 2 aromatic carbocycles. The summed E-state index contributed by atoms with van der Waals surface area (Å²) in [6.45, 7) is 9.68. The molecule has 0 aromatic heterocycles. The number of aliphatic imine (C=N–C) groups is 1. The fourth-order valence-electron chi connectivity index (χ4n) is 3.22. The summed E-state index contributed by atoms with van der Waals surface area (Å²) in [6.07, 6.45) is 2.02. The Morgan fingerprint density at radius 3 is 2.48 bits per heavy atom. The van der Waals surface area contributed by atoms with Crippen molar-refractivity contribution in [2.45, 2.75) is 46.1 Å². The van der Waals surface area contributed by atoms with Gasteiger partial charge in [-0.05, 0) is 68.9 Å². The Balaban J connectivity index is 1.87. The molecule has 0 aliphatic carbocycles. The van der Waals surface area contributed by atoms with Gasteiger partial charge in [-0.1, -0.05) is 36.4 Å². The van der Waals surface area contributed by atoms with Crippen LogP contribution in [0.25, 0.3) is 0 Å². The van der Waals surface area contributed by atoms with E-state index >= 15 is 0 Å². The molecule has 120 valence electrons. The van der Waals surface area contributed by atoms with Gasteiger partial charge in [0.1, 0.15) is 5.84 Å². The monoisotopic (exact) mass is 306 g/mol. The van der Waals surface area contributed by atoms with Gasteiger partial charge in [0.05, 0.1) is 0 Å². The topological polar surface area (TPSA) is 24.4 Å². The van der Waals surface area contributed by atoms with E-state index in [0.717, 1.165) is 25.2 Å². The largest absolute Gasteiger partial charge is 0.365 e. The van der Waals surface area contributed by atoms with Gasteiger partial charge in [-0.3, -0.25) is 4.99 Å². The van der Waals surface area contributed by atoms with E-state index in [-0.39, 0.29) is 5.54 Å². The van der Waals surface area contributed by atoms with Crippen LogP contribution in [0.1, 0.15) is 41.7 Å². The summed E-state index contributed by atoms with van der Waals surface area (Å²) in [6, 6.07) is 15.2. The molecule has 2 aromatic rings. The van der Waals surface area contributed by atoms with Crippen LogP contribution < -0.4 is 5.32 Å². The normalized spacial score (nSPS) is 17.7. The lowest BCUT2D eigenvalue weighted by Gasteiger charge is -2.35. The first-order valence-electron chi connectivity index (χ1n) is 8.42. The lowest BCUT2D eigenvalue weighted by atomic mass is 9.85. The lowest BCUT2D eigenvalue weighted by Crippen LogP contribution is -2.49. The second-order valence-corrected chi connectivity index (χ2v) is 7.25. The molecule has 0 amide bonds. The molecule has 23 heavy (non-hydrogen) atoms. The number of hydrogen-bond donors (Lipinski definition) is 1. The molecule has 1 heterocycles. The van der Waals surface area contributed by atoms with Crippen molar-refractivity contribution in [1.29, 1.82) is 0 Å². The smallest absolute Gasteiger partial charge is 0.128 e. The fourth-order valence-corrected chi connectivity index (χ4v) is 3.22. The van der Waals surface area contributed by atoms with E-state index in [9.17, 15) is 0 Å². The molecule has 2 heteroatoms. The van der Waals surface area contributed by atoms with Gasteiger partial charge in [0.25, 0.3) is 0 Å². The van der Waals surface area contributed by atoms with Gasteiger partial charge < -0.3 is 5.32 Å². The molecule has 2 nitrogen and oxygen atoms in total. The van der Waals surface area contributed by atoms with E-state index in [1.807, 2.05) is 0 Å². The molecule has 1 aliphatic heterocycles. The Bertz CT molecular complexity index is 727. The van der Waals surface area contributed by atoms with Crippen LogP contribution in [-0.4, -0.2) is 17.9 Å². The Hall–Kier alpha value is -2.09. The summed E-state index contributed by atoms with van der Waals surface area (Å²) in [5.74, 6) is 1.05. The number of amidine groups is 1. The second kappa shape index (κ2) is 6.19. The summed E-state index contributed by atoms with van der Waals surface area (Å²) >= 11 is 0. The molecule has 1 aliphatic rings. The first-order valence-corrected chi connectivity index (χ1v) is 8.42. The van der Waals surface area contributed by atoms with Crippen molar-refractivity contribution >= 4 is 5.84 Å². The highest BCUT2D eigenvalue weighted by molar-refractivity contribution is 6.02. The number of rotatable bonds is 3. The minimum absolute atomic E-state index is 0.0558. The maximum Gasteiger partial charge on any atom is 0.128 e. The molecular weight excluding hydrogens is 280 g/mol. The van der Waals surface area contributed by atoms with Crippen molar-refractivity contribution in [2.24, 2.45) is 4.99 Å². The molecule has 0 spiro atoms.